The first-order valence-corrected chi connectivity index (χ1v) is 5.92. The first-order valence-electron chi connectivity index (χ1n) is 5.92. The third-order valence-electron chi connectivity index (χ3n) is 4.71. The van der Waals surface area contributed by atoms with E-state index in [-0.39, 0.29) is 0 Å². The zero-order chi connectivity index (χ0) is 10.6. The number of fused-ring (bicyclic) bond motifs is 1. The minimum atomic E-state index is 0.450. The Morgan fingerprint density at radius 1 is 1.14 bits per heavy atom. The van der Waals surface area contributed by atoms with Crippen LogP contribution in [-0.2, 0) is 0 Å². The van der Waals surface area contributed by atoms with E-state index in [1.165, 1.54) is 26.2 Å². The normalized spacial score (nSPS) is 44.1. The van der Waals surface area contributed by atoms with E-state index < -0.39 is 0 Å². The van der Waals surface area contributed by atoms with Crippen LogP contribution in [0, 0.1) is 5.41 Å². The van der Waals surface area contributed by atoms with Crippen molar-refractivity contribution < 1.29 is 0 Å². The van der Waals surface area contributed by atoms with Crippen LogP contribution in [0.2, 0.25) is 0 Å². The van der Waals surface area contributed by atoms with Gasteiger partial charge in [-0.1, -0.05) is 13.8 Å². The zero-order valence-corrected chi connectivity index (χ0v) is 10.3. The zero-order valence-electron chi connectivity index (χ0n) is 10.3. The van der Waals surface area contributed by atoms with Crippen LogP contribution in [0.5, 0.6) is 0 Å². The lowest BCUT2D eigenvalue weighted by molar-refractivity contribution is -0.0983. The monoisotopic (exact) mass is 196 g/mol. The van der Waals surface area contributed by atoms with Gasteiger partial charge in [0.25, 0.3) is 0 Å². The highest BCUT2D eigenvalue weighted by Gasteiger charge is 2.62. The second-order valence-corrected chi connectivity index (χ2v) is 5.85. The van der Waals surface area contributed by atoms with Gasteiger partial charge in [-0.25, -0.2) is 0 Å². The average molecular weight is 196 g/mol. The molecule has 0 aliphatic carbocycles. The van der Waals surface area contributed by atoms with Gasteiger partial charge < -0.3 is 0 Å². The Balaban J connectivity index is 2.15. The maximum atomic E-state index is 2.63. The largest absolute Gasteiger partial charge is 0.298 e. The van der Waals surface area contributed by atoms with Gasteiger partial charge in [-0.2, -0.15) is 0 Å². The van der Waals surface area contributed by atoms with Crippen molar-refractivity contribution >= 4 is 0 Å². The first-order chi connectivity index (χ1) is 6.43. The van der Waals surface area contributed by atoms with E-state index in [9.17, 15) is 0 Å². The van der Waals surface area contributed by atoms with E-state index in [0.29, 0.717) is 17.0 Å². The number of likely N-dealkylation sites (tertiary alicyclic amines) is 2. The molecule has 82 valence electrons. The van der Waals surface area contributed by atoms with Gasteiger partial charge in [0.1, 0.15) is 0 Å². The van der Waals surface area contributed by atoms with E-state index in [2.05, 4.69) is 44.4 Å². The Morgan fingerprint density at radius 2 is 1.79 bits per heavy atom. The van der Waals surface area contributed by atoms with E-state index in [1.54, 1.807) is 0 Å². The molecule has 0 unspecified atom stereocenters. The third-order valence-corrected chi connectivity index (χ3v) is 4.71. The fraction of sp³-hybridized carbons (Fsp3) is 1.00. The SMILES string of the molecule is CCN1C[C@@]2(C)CN(C(C)C)C[C@@]12C. The van der Waals surface area contributed by atoms with Crippen molar-refractivity contribution in [1.82, 2.24) is 9.80 Å². The van der Waals surface area contributed by atoms with Crippen LogP contribution in [0.1, 0.15) is 34.6 Å². The molecule has 2 atom stereocenters. The van der Waals surface area contributed by atoms with Crippen molar-refractivity contribution in [2.24, 2.45) is 5.41 Å². The summed E-state index contributed by atoms with van der Waals surface area (Å²) in [6.45, 7) is 16.9. The van der Waals surface area contributed by atoms with Crippen LogP contribution in [0.15, 0.2) is 0 Å². The van der Waals surface area contributed by atoms with Crippen molar-refractivity contribution in [3.63, 3.8) is 0 Å². The van der Waals surface area contributed by atoms with Crippen molar-refractivity contribution in [1.29, 1.82) is 0 Å². The van der Waals surface area contributed by atoms with Crippen molar-refractivity contribution in [3.05, 3.63) is 0 Å². The molecule has 0 aromatic heterocycles. The smallest absolute Gasteiger partial charge is 0.0386 e. The Hall–Kier alpha value is -0.0800. The minimum Gasteiger partial charge on any atom is -0.298 e. The molecule has 0 bridgehead atoms. The summed E-state index contributed by atoms with van der Waals surface area (Å²) in [7, 11) is 0. The van der Waals surface area contributed by atoms with E-state index in [4.69, 9.17) is 0 Å². The van der Waals surface area contributed by atoms with Gasteiger partial charge in [0.05, 0.1) is 0 Å². The van der Waals surface area contributed by atoms with E-state index in [0.717, 1.165) is 0 Å². The highest BCUT2D eigenvalue weighted by Crippen LogP contribution is 2.52. The third kappa shape index (κ3) is 1.10. The summed E-state index contributed by atoms with van der Waals surface area (Å²) in [5.74, 6) is 0. The number of likely N-dealkylation sites (N-methyl/N-ethyl adjacent to an activating group) is 1. The Bertz CT molecular complexity index is 238. The van der Waals surface area contributed by atoms with Gasteiger partial charge in [-0.3, -0.25) is 9.80 Å². The van der Waals surface area contributed by atoms with Gasteiger partial charge in [0.2, 0.25) is 0 Å². The fourth-order valence-electron chi connectivity index (χ4n) is 3.29. The van der Waals surface area contributed by atoms with Crippen LogP contribution in [0.25, 0.3) is 0 Å². The molecule has 2 heterocycles. The summed E-state index contributed by atoms with van der Waals surface area (Å²) in [6.07, 6.45) is 0. The maximum absolute atomic E-state index is 2.63. The van der Waals surface area contributed by atoms with Crippen LogP contribution < -0.4 is 0 Å². The molecule has 0 spiro atoms. The predicted octanol–water partition coefficient (Wildman–Crippen LogP) is 1.81. The lowest BCUT2D eigenvalue weighted by Gasteiger charge is -2.60. The van der Waals surface area contributed by atoms with E-state index in [1.807, 2.05) is 0 Å². The molecule has 2 saturated heterocycles. The van der Waals surface area contributed by atoms with E-state index >= 15 is 0 Å². The highest BCUT2D eigenvalue weighted by atomic mass is 15.4. The Kier molecular flexibility index (Phi) is 2.20. The highest BCUT2D eigenvalue weighted by molar-refractivity contribution is 5.18. The standard InChI is InChI=1S/C12H24N2/c1-6-14-8-11(4)7-13(10(2)3)9-12(11,14)5/h10H,6-9H2,1-5H3/t11-,12-/m1/s1. The summed E-state index contributed by atoms with van der Waals surface area (Å²) in [5, 5.41) is 0. The molecule has 2 rings (SSSR count). The van der Waals surface area contributed by atoms with Crippen molar-refractivity contribution in [2.75, 3.05) is 26.2 Å². The van der Waals surface area contributed by atoms with Gasteiger partial charge in [0.15, 0.2) is 0 Å². The Morgan fingerprint density at radius 3 is 2.29 bits per heavy atom. The van der Waals surface area contributed by atoms with Crippen LogP contribution in [0.3, 0.4) is 0 Å². The minimum absolute atomic E-state index is 0.450. The molecule has 2 heteroatoms. The maximum Gasteiger partial charge on any atom is 0.0386 e. The molecule has 2 fully saturated rings. The summed E-state index contributed by atoms with van der Waals surface area (Å²) >= 11 is 0. The number of nitrogens with zero attached hydrogens (tertiary/aromatic N) is 2. The van der Waals surface area contributed by atoms with Crippen LogP contribution >= 0.6 is 0 Å². The molecule has 0 saturated carbocycles. The van der Waals surface area contributed by atoms with Gasteiger partial charge in [-0.05, 0) is 27.3 Å². The number of hydrogen-bond donors (Lipinski definition) is 0. The molecule has 2 nitrogen and oxygen atoms in total. The van der Waals surface area contributed by atoms with Gasteiger partial charge >= 0.3 is 0 Å². The second kappa shape index (κ2) is 2.96. The molecular weight excluding hydrogens is 172 g/mol. The quantitative estimate of drug-likeness (QED) is 0.664. The molecule has 0 aromatic rings. The average Bonchev–Trinajstić information content (AvgIpc) is 2.30. The number of rotatable bonds is 2. The summed E-state index contributed by atoms with van der Waals surface area (Å²) in [6, 6.07) is 0.702. The molecule has 0 amide bonds. The predicted molar refractivity (Wildman–Crippen MR) is 60.5 cm³/mol. The molecule has 2 aliphatic heterocycles. The summed E-state index contributed by atoms with van der Waals surface area (Å²) in [5.41, 5.74) is 0.999. The van der Waals surface area contributed by atoms with Crippen LogP contribution in [0.4, 0.5) is 0 Å². The lowest BCUT2D eigenvalue weighted by atomic mass is 9.65. The molecule has 14 heavy (non-hydrogen) atoms. The molecule has 0 aromatic carbocycles. The molecular formula is C12H24N2. The Labute approximate surface area is 88.3 Å². The van der Waals surface area contributed by atoms with Gasteiger partial charge in [0, 0.05) is 36.6 Å². The number of hydrogen-bond acceptors (Lipinski definition) is 2. The van der Waals surface area contributed by atoms with Crippen LogP contribution in [-0.4, -0.2) is 47.6 Å². The molecule has 2 aliphatic rings. The summed E-state index contributed by atoms with van der Waals surface area (Å²) < 4.78 is 0. The fourth-order valence-corrected chi connectivity index (χ4v) is 3.29. The molecule has 0 radical (unpaired) electrons. The topological polar surface area (TPSA) is 6.48 Å². The second-order valence-electron chi connectivity index (χ2n) is 5.85. The lowest BCUT2D eigenvalue weighted by Crippen LogP contribution is -2.71. The summed E-state index contributed by atoms with van der Waals surface area (Å²) in [4.78, 5) is 5.27. The van der Waals surface area contributed by atoms with Crippen molar-refractivity contribution in [2.45, 2.75) is 46.2 Å². The van der Waals surface area contributed by atoms with Crippen molar-refractivity contribution in [3.8, 4) is 0 Å². The molecule has 0 N–H and O–H groups in total. The van der Waals surface area contributed by atoms with Gasteiger partial charge in [-0.15, -0.1) is 0 Å². The first kappa shape index (κ1) is 10.4.